The van der Waals surface area contributed by atoms with Crippen molar-refractivity contribution in [2.45, 2.75) is 81.1 Å². The van der Waals surface area contributed by atoms with Gasteiger partial charge in [0.1, 0.15) is 0 Å². The van der Waals surface area contributed by atoms with Gasteiger partial charge < -0.3 is 0 Å². The molecule has 140 valence electrons. The van der Waals surface area contributed by atoms with Crippen LogP contribution in [0, 0.1) is 16.7 Å². The van der Waals surface area contributed by atoms with Gasteiger partial charge in [-0.15, -0.1) is 6.58 Å². The van der Waals surface area contributed by atoms with E-state index in [1.54, 1.807) is 0 Å². The summed E-state index contributed by atoms with van der Waals surface area (Å²) in [5.74, 6) is 0.557. The maximum atomic E-state index is 3.88. The zero-order valence-electron chi connectivity index (χ0n) is 18.0. The molecular weight excluding hydrogens is 300 g/mol. The van der Waals surface area contributed by atoms with E-state index in [1.165, 1.54) is 35.1 Å². The molecule has 0 saturated heterocycles. The number of allylic oxidation sites excluding steroid dienone is 9. The molecule has 0 N–H and O–H groups in total. The van der Waals surface area contributed by atoms with E-state index in [-0.39, 0.29) is 10.8 Å². The van der Waals surface area contributed by atoms with E-state index >= 15 is 0 Å². The standard InChI is InChI=1S/C25H40/c1-10-12-22-23(25(8,9)16-15-24(22,6)7)18-21(5)17-20(4)14-13-19(3)11-2/h10-12,14,18-19H,2,13,15-17H2,1,3-9H3/b12-10+,20-14+,21-18+. The molecule has 0 aromatic carbocycles. The van der Waals surface area contributed by atoms with Gasteiger partial charge in [0.25, 0.3) is 0 Å². The topological polar surface area (TPSA) is 0 Å². The lowest BCUT2D eigenvalue weighted by molar-refractivity contribution is 0.273. The van der Waals surface area contributed by atoms with E-state index in [4.69, 9.17) is 0 Å². The van der Waals surface area contributed by atoms with Gasteiger partial charge in [0, 0.05) is 0 Å². The fourth-order valence-corrected chi connectivity index (χ4v) is 3.67. The molecule has 0 amide bonds. The Hall–Kier alpha value is -1.30. The van der Waals surface area contributed by atoms with Gasteiger partial charge in [0.05, 0.1) is 0 Å². The lowest BCUT2D eigenvalue weighted by Gasteiger charge is -2.42. The Balaban J connectivity index is 3.16. The monoisotopic (exact) mass is 340 g/mol. The van der Waals surface area contributed by atoms with Crippen LogP contribution in [0.15, 0.2) is 59.3 Å². The van der Waals surface area contributed by atoms with Crippen molar-refractivity contribution in [2.24, 2.45) is 16.7 Å². The lowest BCUT2D eigenvalue weighted by Crippen LogP contribution is -2.29. The largest absolute Gasteiger partial charge is 0.103 e. The highest BCUT2D eigenvalue weighted by molar-refractivity contribution is 5.44. The predicted molar refractivity (Wildman–Crippen MR) is 115 cm³/mol. The summed E-state index contributed by atoms with van der Waals surface area (Å²) in [6, 6.07) is 0. The second-order valence-electron chi connectivity index (χ2n) is 9.26. The second-order valence-corrected chi connectivity index (χ2v) is 9.26. The van der Waals surface area contributed by atoms with Crippen molar-refractivity contribution in [3.63, 3.8) is 0 Å². The van der Waals surface area contributed by atoms with Crippen molar-refractivity contribution in [1.82, 2.24) is 0 Å². The molecule has 0 bridgehead atoms. The first-order valence-corrected chi connectivity index (χ1v) is 9.87. The molecular formula is C25H40. The van der Waals surface area contributed by atoms with Gasteiger partial charge in [-0.1, -0.05) is 76.1 Å². The molecule has 25 heavy (non-hydrogen) atoms. The van der Waals surface area contributed by atoms with Crippen molar-refractivity contribution in [1.29, 1.82) is 0 Å². The Labute approximate surface area is 157 Å². The van der Waals surface area contributed by atoms with Gasteiger partial charge in [-0.3, -0.25) is 0 Å². The summed E-state index contributed by atoms with van der Waals surface area (Å²) in [6.45, 7) is 22.4. The van der Waals surface area contributed by atoms with E-state index in [1.807, 2.05) is 6.08 Å². The average Bonchev–Trinajstić information content (AvgIpc) is 2.52. The predicted octanol–water partition coefficient (Wildman–Crippen LogP) is 8.20. The van der Waals surface area contributed by atoms with E-state index in [2.05, 4.69) is 86.3 Å². The maximum absolute atomic E-state index is 3.88. The Bertz CT molecular complexity index is 588. The zero-order valence-corrected chi connectivity index (χ0v) is 18.0. The first-order chi connectivity index (χ1) is 11.5. The SMILES string of the molecule is C=CC(C)C/C=C(\C)C/C(C)=C/C1=C(/C=C/C)C(C)(C)CCC1(C)C. The minimum absolute atomic E-state index is 0.251. The van der Waals surface area contributed by atoms with Crippen molar-refractivity contribution >= 4 is 0 Å². The summed E-state index contributed by atoms with van der Waals surface area (Å²) in [6.07, 6.45) is 16.1. The van der Waals surface area contributed by atoms with Crippen LogP contribution in [-0.4, -0.2) is 0 Å². The summed E-state index contributed by atoms with van der Waals surface area (Å²) < 4.78 is 0. The van der Waals surface area contributed by atoms with Crippen molar-refractivity contribution in [2.75, 3.05) is 0 Å². The fourth-order valence-electron chi connectivity index (χ4n) is 3.67. The minimum atomic E-state index is 0.251. The molecule has 1 unspecified atom stereocenters. The van der Waals surface area contributed by atoms with Gasteiger partial charge in [-0.25, -0.2) is 0 Å². The van der Waals surface area contributed by atoms with Crippen LogP contribution >= 0.6 is 0 Å². The van der Waals surface area contributed by atoms with Crippen molar-refractivity contribution in [3.05, 3.63) is 59.3 Å². The Kier molecular flexibility index (Phi) is 7.72. The van der Waals surface area contributed by atoms with Crippen LogP contribution in [0.3, 0.4) is 0 Å². The molecule has 1 rings (SSSR count). The smallest absolute Gasteiger partial charge is 0.0100 e. The van der Waals surface area contributed by atoms with Gasteiger partial charge in [-0.05, 0) is 74.3 Å². The maximum Gasteiger partial charge on any atom is -0.0100 e. The van der Waals surface area contributed by atoms with Crippen molar-refractivity contribution < 1.29 is 0 Å². The molecule has 0 aliphatic heterocycles. The van der Waals surface area contributed by atoms with Crippen LogP contribution in [0.25, 0.3) is 0 Å². The Morgan fingerprint density at radius 2 is 1.60 bits per heavy atom. The van der Waals surface area contributed by atoms with Gasteiger partial charge in [0.2, 0.25) is 0 Å². The minimum Gasteiger partial charge on any atom is -0.103 e. The van der Waals surface area contributed by atoms with Gasteiger partial charge in [-0.2, -0.15) is 0 Å². The highest BCUT2D eigenvalue weighted by Crippen LogP contribution is 2.50. The van der Waals surface area contributed by atoms with Crippen LogP contribution in [-0.2, 0) is 0 Å². The molecule has 1 aliphatic carbocycles. The third-order valence-electron chi connectivity index (χ3n) is 5.65. The van der Waals surface area contributed by atoms with Crippen LogP contribution in [0.1, 0.15) is 81.1 Å². The first-order valence-electron chi connectivity index (χ1n) is 9.87. The molecule has 1 atom stereocenters. The van der Waals surface area contributed by atoms with E-state index in [9.17, 15) is 0 Å². The fraction of sp³-hybridized carbons (Fsp3) is 0.600. The molecule has 0 heteroatoms. The summed E-state index contributed by atoms with van der Waals surface area (Å²) in [7, 11) is 0. The molecule has 0 aromatic rings. The van der Waals surface area contributed by atoms with Crippen LogP contribution in [0.5, 0.6) is 0 Å². The van der Waals surface area contributed by atoms with Gasteiger partial charge >= 0.3 is 0 Å². The summed E-state index contributed by atoms with van der Waals surface area (Å²) in [4.78, 5) is 0. The number of hydrogen-bond donors (Lipinski definition) is 0. The van der Waals surface area contributed by atoms with Crippen LogP contribution < -0.4 is 0 Å². The highest BCUT2D eigenvalue weighted by atomic mass is 14.4. The molecule has 0 fully saturated rings. The summed E-state index contributed by atoms with van der Waals surface area (Å²) >= 11 is 0. The molecule has 1 aliphatic rings. The molecule has 0 nitrogen and oxygen atoms in total. The normalized spacial score (nSPS) is 22.4. The van der Waals surface area contributed by atoms with Crippen molar-refractivity contribution in [3.8, 4) is 0 Å². The quantitative estimate of drug-likeness (QED) is 0.410. The Morgan fingerprint density at radius 3 is 2.12 bits per heavy atom. The first kappa shape index (κ1) is 21.7. The Morgan fingerprint density at radius 1 is 1.04 bits per heavy atom. The molecule has 0 radical (unpaired) electrons. The molecule has 0 heterocycles. The van der Waals surface area contributed by atoms with Gasteiger partial charge in [0.15, 0.2) is 0 Å². The van der Waals surface area contributed by atoms with E-state index < -0.39 is 0 Å². The molecule has 0 saturated carbocycles. The third kappa shape index (κ3) is 6.17. The van der Waals surface area contributed by atoms with Crippen LogP contribution in [0.4, 0.5) is 0 Å². The lowest BCUT2D eigenvalue weighted by atomic mass is 9.62. The molecule has 0 spiro atoms. The average molecular weight is 341 g/mol. The third-order valence-corrected chi connectivity index (χ3v) is 5.65. The number of rotatable bonds is 7. The highest BCUT2D eigenvalue weighted by Gasteiger charge is 2.37. The molecule has 0 aromatic heterocycles. The van der Waals surface area contributed by atoms with Crippen LogP contribution in [0.2, 0.25) is 0 Å². The number of hydrogen-bond acceptors (Lipinski definition) is 0. The summed E-state index contributed by atoms with van der Waals surface area (Å²) in [5.41, 5.74) is 6.49. The second kappa shape index (κ2) is 8.88. The van der Waals surface area contributed by atoms with E-state index in [0.29, 0.717) is 5.92 Å². The van der Waals surface area contributed by atoms with E-state index in [0.717, 1.165) is 12.8 Å². The zero-order chi connectivity index (χ0) is 19.3. The summed E-state index contributed by atoms with van der Waals surface area (Å²) in [5, 5.41) is 0.